The fraction of sp³-hybridized carbons (Fsp3) is 0.387. The summed E-state index contributed by atoms with van der Waals surface area (Å²) >= 11 is 1.50. The number of aliphatic hydroxyl groups is 1. The second-order valence-electron chi connectivity index (χ2n) is 10.6. The van der Waals surface area contributed by atoms with Crippen molar-refractivity contribution in [3.8, 4) is 0 Å². The molecule has 7 nitrogen and oxygen atoms in total. The largest absolute Gasteiger partial charge is 0.393 e. The first-order valence-corrected chi connectivity index (χ1v) is 14.5. The minimum atomic E-state index is -0.300. The molecule has 204 valence electrons. The van der Waals surface area contributed by atoms with Gasteiger partial charge in [0.15, 0.2) is 0 Å². The summed E-state index contributed by atoms with van der Waals surface area (Å²) in [6.45, 7) is 6.55. The Bertz CT molecular complexity index is 1390. The van der Waals surface area contributed by atoms with E-state index in [9.17, 15) is 14.7 Å². The van der Waals surface area contributed by atoms with E-state index < -0.39 is 0 Å². The van der Waals surface area contributed by atoms with Gasteiger partial charge in [-0.15, -0.1) is 11.3 Å². The molecular formula is C31H36N4O3S. The third kappa shape index (κ3) is 6.64. The highest BCUT2D eigenvalue weighted by Crippen LogP contribution is 2.38. The van der Waals surface area contributed by atoms with Gasteiger partial charge in [0.25, 0.3) is 11.8 Å². The molecule has 2 heterocycles. The van der Waals surface area contributed by atoms with Crippen LogP contribution in [0.1, 0.15) is 79.1 Å². The first-order valence-electron chi connectivity index (χ1n) is 13.7. The number of aryl methyl sites for hydroxylation is 3. The molecule has 1 fully saturated rings. The number of thiophene rings is 1. The molecule has 1 aliphatic carbocycles. The molecule has 2 aliphatic rings. The molecule has 0 unspecified atom stereocenters. The van der Waals surface area contributed by atoms with Crippen LogP contribution in [0.15, 0.2) is 47.6 Å². The first-order chi connectivity index (χ1) is 18.9. The summed E-state index contributed by atoms with van der Waals surface area (Å²) in [5, 5.41) is 17.6. The third-order valence-corrected chi connectivity index (χ3v) is 8.90. The molecule has 1 aromatic heterocycles. The molecule has 0 spiro atoms. The molecule has 1 aliphatic heterocycles. The van der Waals surface area contributed by atoms with Crippen molar-refractivity contribution in [3.63, 3.8) is 0 Å². The maximum absolute atomic E-state index is 13.3. The molecule has 0 radical (unpaired) electrons. The van der Waals surface area contributed by atoms with Gasteiger partial charge in [0.2, 0.25) is 0 Å². The summed E-state index contributed by atoms with van der Waals surface area (Å²) < 4.78 is 0. The van der Waals surface area contributed by atoms with Crippen LogP contribution in [0.5, 0.6) is 0 Å². The SMILES string of the molecule is Cc1ccc(/C=N/NC(=O)c2c(NC(=O)c3cccc(CN4CCC(O)CC4)c3)sc3c2CCCC3)cc1C. The van der Waals surface area contributed by atoms with E-state index in [1.807, 2.05) is 43.3 Å². The number of nitrogens with one attached hydrogen (secondary N) is 2. The number of anilines is 1. The normalized spacial score (nSPS) is 16.3. The average Bonchev–Trinajstić information content (AvgIpc) is 3.30. The fourth-order valence-corrected chi connectivity index (χ4v) is 6.56. The van der Waals surface area contributed by atoms with Crippen molar-refractivity contribution in [2.45, 2.75) is 65.0 Å². The minimum Gasteiger partial charge on any atom is -0.393 e. The topological polar surface area (TPSA) is 94.0 Å². The maximum atomic E-state index is 13.3. The highest BCUT2D eigenvalue weighted by Gasteiger charge is 2.27. The second-order valence-corrected chi connectivity index (χ2v) is 11.7. The lowest BCUT2D eigenvalue weighted by Gasteiger charge is -2.29. The van der Waals surface area contributed by atoms with Crippen LogP contribution in [-0.4, -0.2) is 47.2 Å². The van der Waals surface area contributed by atoms with Gasteiger partial charge >= 0.3 is 0 Å². The standard InChI is InChI=1S/C31H36N4O3S/c1-20-10-11-22(16-21(20)2)18-32-34-30(38)28-26-8-3-4-9-27(26)39-31(28)33-29(37)24-7-5-6-23(17-24)19-35-14-12-25(36)13-15-35/h5-7,10-11,16-18,25,36H,3-4,8-9,12-15,19H2,1-2H3,(H,33,37)(H,34,38)/b32-18+. The van der Waals surface area contributed by atoms with Crippen molar-refractivity contribution < 1.29 is 14.7 Å². The number of benzene rings is 2. The van der Waals surface area contributed by atoms with E-state index in [1.165, 1.54) is 27.3 Å². The van der Waals surface area contributed by atoms with Crippen LogP contribution in [0.3, 0.4) is 0 Å². The van der Waals surface area contributed by atoms with Crippen molar-refractivity contribution in [2.75, 3.05) is 18.4 Å². The third-order valence-electron chi connectivity index (χ3n) is 7.69. The van der Waals surface area contributed by atoms with Crippen molar-refractivity contribution in [1.82, 2.24) is 10.3 Å². The number of fused-ring (bicyclic) bond motifs is 1. The van der Waals surface area contributed by atoms with Gasteiger partial charge in [0.05, 0.1) is 17.9 Å². The highest BCUT2D eigenvalue weighted by atomic mass is 32.1. The number of carbonyl (C=O) groups excluding carboxylic acids is 2. The molecule has 0 bridgehead atoms. The number of likely N-dealkylation sites (tertiary alicyclic amines) is 1. The number of aliphatic hydroxyl groups excluding tert-OH is 1. The number of nitrogens with zero attached hydrogens (tertiary/aromatic N) is 2. The van der Waals surface area contributed by atoms with Crippen LogP contribution in [0, 0.1) is 13.8 Å². The number of carbonyl (C=O) groups is 2. The summed E-state index contributed by atoms with van der Waals surface area (Å²) in [4.78, 5) is 30.1. The number of amides is 2. The molecule has 1 saturated heterocycles. The number of hydrogen-bond donors (Lipinski definition) is 3. The van der Waals surface area contributed by atoms with Gasteiger partial charge in [-0.25, -0.2) is 5.43 Å². The van der Waals surface area contributed by atoms with Crippen LogP contribution in [0.25, 0.3) is 0 Å². The quantitative estimate of drug-likeness (QED) is 0.281. The van der Waals surface area contributed by atoms with Crippen LogP contribution >= 0.6 is 11.3 Å². The number of hydrazone groups is 1. The Morgan fingerprint density at radius 3 is 2.64 bits per heavy atom. The second kappa shape index (κ2) is 12.2. The fourth-order valence-electron chi connectivity index (χ4n) is 5.28. The zero-order valence-corrected chi connectivity index (χ0v) is 23.4. The van der Waals surface area contributed by atoms with Crippen LogP contribution in [0.4, 0.5) is 5.00 Å². The molecule has 2 aromatic carbocycles. The summed E-state index contributed by atoms with van der Waals surface area (Å²) in [6, 6.07) is 13.7. The van der Waals surface area contributed by atoms with Crippen LogP contribution in [-0.2, 0) is 19.4 Å². The molecule has 3 aromatic rings. The lowest BCUT2D eigenvalue weighted by atomic mass is 9.95. The van der Waals surface area contributed by atoms with Crippen molar-refractivity contribution >= 4 is 34.4 Å². The Labute approximate surface area is 233 Å². The van der Waals surface area contributed by atoms with Gasteiger partial charge in [0, 0.05) is 30.1 Å². The van der Waals surface area contributed by atoms with Gasteiger partial charge in [-0.05, 0) is 92.3 Å². The van der Waals surface area contributed by atoms with Crippen LogP contribution in [0.2, 0.25) is 0 Å². The van der Waals surface area contributed by atoms with Crippen molar-refractivity contribution in [2.24, 2.45) is 5.10 Å². The summed E-state index contributed by atoms with van der Waals surface area (Å²) in [6.07, 6.45) is 6.86. The lowest BCUT2D eigenvalue weighted by molar-refractivity contribution is 0.0792. The van der Waals surface area contributed by atoms with E-state index in [0.717, 1.165) is 74.8 Å². The Hall–Kier alpha value is -3.33. The predicted molar refractivity (Wildman–Crippen MR) is 157 cm³/mol. The number of rotatable bonds is 7. The summed E-state index contributed by atoms with van der Waals surface area (Å²) in [7, 11) is 0. The zero-order chi connectivity index (χ0) is 27.4. The lowest BCUT2D eigenvalue weighted by Crippen LogP contribution is -2.35. The maximum Gasteiger partial charge on any atom is 0.274 e. The summed E-state index contributed by atoms with van der Waals surface area (Å²) in [5.74, 6) is -0.525. The smallest absolute Gasteiger partial charge is 0.274 e. The predicted octanol–water partition coefficient (Wildman–Crippen LogP) is 5.22. The molecule has 3 N–H and O–H groups in total. The Balaban J connectivity index is 1.31. The van der Waals surface area contributed by atoms with Crippen LogP contribution < -0.4 is 10.7 Å². The first kappa shape index (κ1) is 27.2. The van der Waals surface area contributed by atoms with E-state index in [0.29, 0.717) is 16.1 Å². The summed E-state index contributed by atoms with van der Waals surface area (Å²) in [5.41, 5.74) is 9.17. The zero-order valence-electron chi connectivity index (χ0n) is 22.6. The van der Waals surface area contributed by atoms with Gasteiger partial charge < -0.3 is 10.4 Å². The van der Waals surface area contributed by atoms with Gasteiger partial charge in [0.1, 0.15) is 5.00 Å². The molecule has 2 amide bonds. The highest BCUT2D eigenvalue weighted by molar-refractivity contribution is 7.17. The number of hydrogen-bond acceptors (Lipinski definition) is 6. The van der Waals surface area contributed by atoms with Gasteiger partial charge in [-0.1, -0.05) is 30.3 Å². The van der Waals surface area contributed by atoms with E-state index in [2.05, 4.69) is 27.7 Å². The van der Waals surface area contributed by atoms with Gasteiger partial charge in [-0.3, -0.25) is 14.5 Å². The Morgan fingerprint density at radius 1 is 1.05 bits per heavy atom. The van der Waals surface area contributed by atoms with E-state index in [4.69, 9.17) is 0 Å². The van der Waals surface area contributed by atoms with E-state index in [1.54, 1.807) is 12.3 Å². The Morgan fingerprint density at radius 2 is 1.85 bits per heavy atom. The Kier molecular flexibility index (Phi) is 8.55. The molecule has 0 atom stereocenters. The molecule has 0 saturated carbocycles. The van der Waals surface area contributed by atoms with E-state index in [-0.39, 0.29) is 17.9 Å². The minimum absolute atomic E-state index is 0.209. The molecule has 8 heteroatoms. The van der Waals surface area contributed by atoms with Crippen molar-refractivity contribution in [3.05, 3.63) is 86.3 Å². The van der Waals surface area contributed by atoms with Crippen molar-refractivity contribution in [1.29, 1.82) is 0 Å². The molecule has 5 rings (SSSR count). The van der Waals surface area contributed by atoms with Gasteiger partial charge in [-0.2, -0.15) is 5.10 Å². The number of piperidine rings is 1. The molecular weight excluding hydrogens is 508 g/mol. The molecule has 39 heavy (non-hydrogen) atoms. The average molecular weight is 545 g/mol. The monoisotopic (exact) mass is 544 g/mol. The van der Waals surface area contributed by atoms with E-state index >= 15 is 0 Å².